The van der Waals surface area contributed by atoms with Crippen LogP contribution in [0.5, 0.6) is 0 Å². The molecule has 7 fully saturated rings. The van der Waals surface area contributed by atoms with E-state index in [-0.39, 0.29) is 106 Å². The number of nitrogens with two attached hydrogens (primary N) is 4. The number of hydrogen-bond donors (Lipinski definition) is 7. The molecule has 11 aromatic rings. The number of ether oxygens (including phenoxy) is 7. The summed E-state index contributed by atoms with van der Waals surface area (Å²) in [6.45, 7) is -32.3. The van der Waals surface area contributed by atoms with Crippen LogP contribution in [0.3, 0.4) is 0 Å². The number of rotatable bonds is 41. The van der Waals surface area contributed by atoms with Gasteiger partial charge in [-0.25, -0.2) is 74.2 Å². The Morgan fingerprint density at radius 3 is 0.795 bits per heavy atom. The highest BCUT2D eigenvalue weighted by Gasteiger charge is 2.50. The van der Waals surface area contributed by atoms with E-state index in [1.807, 2.05) is 6.92 Å². The van der Waals surface area contributed by atoms with Crippen LogP contribution in [0.25, 0.3) is 44.7 Å². The lowest BCUT2D eigenvalue weighted by Gasteiger charge is -2.36. The Balaban J connectivity index is 0.559. The summed E-state index contributed by atoms with van der Waals surface area (Å²) in [6.07, 6.45) is -15.2. The molecule has 28 atom stereocenters. The van der Waals surface area contributed by atoms with E-state index in [2.05, 4.69) is 74.8 Å². The van der Waals surface area contributed by atoms with Crippen molar-refractivity contribution in [3.05, 3.63) is 148 Å². The number of anilines is 4. The summed E-state index contributed by atoms with van der Waals surface area (Å²) < 4.78 is 150. The first-order valence-corrected chi connectivity index (χ1v) is 61.7. The van der Waals surface area contributed by atoms with Crippen molar-refractivity contribution in [3.8, 4) is 0 Å². The number of aromatic nitrogens is 22. The van der Waals surface area contributed by atoms with E-state index in [9.17, 15) is 52.9 Å². The van der Waals surface area contributed by atoms with Crippen molar-refractivity contribution < 1.29 is 130 Å². The molecule has 0 bridgehead atoms. The zero-order valence-corrected chi connectivity index (χ0v) is 88.0. The molecule has 0 amide bonds. The van der Waals surface area contributed by atoms with Gasteiger partial charge in [0.25, 0.3) is 16.7 Å². The van der Waals surface area contributed by atoms with Gasteiger partial charge in [-0.2, -0.15) is 0 Å². The largest absolute Gasteiger partial charge is 0.780 e. The normalized spacial score (nSPS) is 29.5. The van der Waals surface area contributed by atoms with Gasteiger partial charge in [0.1, 0.15) is 168 Å². The van der Waals surface area contributed by atoms with Gasteiger partial charge >= 0.3 is 17.1 Å². The molecule has 0 radical (unpaired) electrons. The number of imidazole rings is 4. The number of nitrogen functional groups attached to an aromatic ring is 4. The van der Waals surface area contributed by atoms with E-state index >= 15 is 9.79 Å². The van der Waals surface area contributed by atoms with E-state index in [0.717, 1.165) is 45.9 Å². The summed E-state index contributed by atoms with van der Waals surface area (Å²) in [5.74, 6) is 0.103. The van der Waals surface area contributed by atoms with Crippen LogP contribution in [-0.2, 0) is 184 Å². The molecule has 146 heavy (non-hydrogen) atoms. The summed E-state index contributed by atoms with van der Waals surface area (Å²) in [5, 5.41) is 0. The van der Waals surface area contributed by atoms with Crippen molar-refractivity contribution in [2.45, 2.75) is 208 Å². The van der Waals surface area contributed by atoms with Gasteiger partial charge < -0.3 is 161 Å². The van der Waals surface area contributed by atoms with Crippen molar-refractivity contribution in [3.63, 3.8) is 0 Å². The first kappa shape index (κ1) is 109. The number of H-pyrrole nitrogens is 3. The van der Waals surface area contributed by atoms with Gasteiger partial charge in [0.15, 0.2) is 52.7 Å². The van der Waals surface area contributed by atoms with Gasteiger partial charge in [0, 0.05) is 87.3 Å². The Morgan fingerprint density at radius 2 is 0.555 bits per heavy atom. The smallest absolute Gasteiger partial charge is 0.330 e. The molecule has 7 aliphatic heterocycles. The number of fused-ring (bicyclic) bond motifs is 4. The average molecular weight is 2300 g/mol. The second-order valence-electron chi connectivity index (χ2n) is 33.8. The second-order valence-corrected chi connectivity index (χ2v) is 52.9. The highest BCUT2D eigenvalue weighted by Crippen LogP contribution is 2.57. The lowest BCUT2D eigenvalue weighted by molar-refractivity contribution is -0.221. The van der Waals surface area contributed by atoms with Crippen molar-refractivity contribution in [2.24, 2.45) is 0 Å². The lowest BCUT2D eigenvalue weighted by atomic mass is 10.1. The molecule has 60 nitrogen and oxygen atoms in total. The fourth-order valence-electron chi connectivity index (χ4n) is 17.2. The van der Waals surface area contributed by atoms with Crippen LogP contribution in [0, 0.1) is 20.8 Å². The minimum absolute atomic E-state index is 0.0195. The fourth-order valence-corrected chi connectivity index (χ4v) is 27.0. The van der Waals surface area contributed by atoms with Gasteiger partial charge in [-0.15, -0.1) is 0 Å². The van der Waals surface area contributed by atoms with E-state index in [1.54, 1.807) is 4.57 Å². The van der Waals surface area contributed by atoms with E-state index in [4.69, 9.17) is 203 Å². The van der Waals surface area contributed by atoms with Gasteiger partial charge in [-0.1, -0.05) is 77.8 Å². The quantitative estimate of drug-likeness (QED) is 0.0165. The Labute approximate surface area is 855 Å². The highest BCUT2D eigenvalue weighted by atomic mass is 32.7. The van der Waals surface area contributed by atoms with Crippen LogP contribution in [0.2, 0.25) is 0 Å². The molecule has 74 heteroatoms. The topological polar surface area (TPSA) is 792 Å². The Bertz CT molecular complexity index is 7540. The minimum Gasteiger partial charge on any atom is -0.780 e. The van der Waals surface area contributed by atoms with Crippen molar-refractivity contribution in [2.75, 3.05) is 69.7 Å². The van der Waals surface area contributed by atoms with Crippen molar-refractivity contribution in [1.29, 1.82) is 0 Å². The highest BCUT2D eigenvalue weighted by molar-refractivity contribution is 8.32. The third-order valence-corrected chi connectivity index (χ3v) is 35.4. The molecule has 0 saturated carbocycles. The number of aryl methyl sites for hydroxylation is 3. The van der Waals surface area contributed by atoms with Crippen LogP contribution in [0.1, 0.15) is 119 Å². The Hall–Kier alpha value is -7.16. The summed E-state index contributed by atoms with van der Waals surface area (Å²) in [5.41, 5.74) is 21.3. The predicted molar refractivity (Wildman–Crippen MR) is 515 cm³/mol. The molecule has 0 aromatic carbocycles. The lowest BCUT2D eigenvalue weighted by Crippen LogP contribution is -2.35. The maximum absolute atomic E-state index is 15.1. The van der Waals surface area contributed by atoms with E-state index < -0.39 is 262 Å². The van der Waals surface area contributed by atoms with Crippen molar-refractivity contribution >= 4 is 198 Å². The predicted octanol–water partition coefficient (Wildman–Crippen LogP) is -1.72. The summed E-state index contributed by atoms with van der Waals surface area (Å²) in [7, 11) is 1.02. The molecule has 792 valence electrons. The molecule has 11 N–H and O–H groups in total. The Morgan fingerprint density at radius 1 is 0.342 bits per heavy atom. The molecule has 11 aromatic heterocycles. The number of hydrogen-bond acceptors (Lipinski definition) is 57. The fraction of sp³-hybridized carbons (Fsp3) is 0.556. The zero-order chi connectivity index (χ0) is 104. The third-order valence-electron chi connectivity index (χ3n) is 24.3. The monoisotopic (exact) mass is 2300 g/mol. The third kappa shape index (κ3) is 24.5. The molecule has 18 heterocycles. The van der Waals surface area contributed by atoms with Crippen LogP contribution in [0.4, 0.5) is 23.3 Å². The first-order valence-electron chi connectivity index (χ1n) is 43.8. The summed E-state index contributed by atoms with van der Waals surface area (Å²) in [4.78, 5) is 222. The summed E-state index contributed by atoms with van der Waals surface area (Å²) in [6, 6.07) is 0. The Kier molecular flexibility index (Phi) is 32.6. The van der Waals surface area contributed by atoms with Gasteiger partial charge in [-0.05, 0) is 27.2 Å². The van der Waals surface area contributed by atoms with Crippen LogP contribution >= 0.6 is 47.1 Å². The van der Waals surface area contributed by atoms with Gasteiger partial charge in [-0.3, -0.25) is 65.9 Å². The first-order chi connectivity index (χ1) is 69.1. The summed E-state index contributed by atoms with van der Waals surface area (Å²) >= 11 is 38.2. The van der Waals surface area contributed by atoms with E-state index in [0.29, 0.717) is 17.6 Å². The van der Waals surface area contributed by atoms with Gasteiger partial charge in [0.2, 0.25) is 0 Å². The van der Waals surface area contributed by atoms with Crippen LogP contribution in [0.15, 0.2) is 98.0 Å². The van der Waals surface area contributed by atoms with Crippen LogP contribution < -0.4 is 86.0 Å². The standard InChI is InChI=1S/C72H93N26O34P7S7/c1-6-34-35(7-51(119-34)95-27-85-55-59(73)77-23-81-63(55)95)127-134(106,141)113-20-45-39(11-52(123-45)96-28-86-56-60(74)78-24-82-64(56)96)132-139(111,146)118-22-47-41(13-54(125-47)98-30-88-58-62(76)80-26-84-66(58)98)131-138(110,145)116-19-44-38(10-50(122-44)94-16-33(4)69(101)91-72(94)104)129-136(108,143)117-21-46-40(12-53(124-46)97-29-87-57-61(75)79-25-83-65(57)97)130-137(109,144)115-18-43-37(9-49(121-43)93-15-32(3)68(100)90-71(93)103)128-135(107,142)114-17-42-36(126-133(105,140)112-5)8-48(120-42)92-14-31(2)67(99)89-70(92)102/h14-16,23-30,34-54H,6-13,17-22H2,1-5H3,(H,105,140)(H,106,141)(H,107,142)(H,108,143)(H,109,144)(H,110,145)(H,111,146)(H2,73,77,81)(H2,74,78,82)(H2,75,79,83)(H2,76,80,84)(H,89,99,102)(H,90,100,103)(H,91,101,104)/p-7/t34-,35-,36-,37-,38-,39-,40-,41-,42-,43-,44-,45-,46-,47-,48-,49-,50-,51-,52-,53-,54-,133?,134?,135?,136?,137?,138?,139?/m1/s1. The zero-order valence-electron chi connectivity index (χ0n) is 76.0. The van der Waals surface area contributed by atoms with Crippen molar-refractivity contribution in [1.82, 2.24) is 107 Å². The average Bonchev–Trinajstić information content (AvgIpc) is 1.63. The second kappa shape index (κ2) is 43.8. The molecular weight excluding hydrogens is 2210 g/mol. The molecule has 0 aliphatic carbocycles. The molecule has 0 spiro atoms. The maximum Gasteiger partial charge on any atom is 0.330 e. The SMILES string of the molecule is CC[C@H]1O[C@@H](n2cnc3c(N)ncnc32)C[C@H]1OP([O-])(=S)OC[C@H]1O[C@@H](n2cnc3c(N)ncnc32)C[C@H]1OP(=O)([S-])OC[C@H]1O[C@@H](n2cnc3c(N)ncnc32)C[C@H]1OP([O-])(=S)OC[C@H]1O[C@@H](n2cc(C)c(=O)[nH]c2=O)C[C@H]1OP([O-])(=S)OC[C@H]1O[C@@H](n2cnc3c(N)ncnc32)C[C@H]1OP([O-])(=S)OC[C@H]1O[C@@H](n2cc(C)c(=O)[nH]c2=O)C[C@H]1OP([O-])(=S)OC[C@H]1O[C@@H](n2cc(C)c(=O)[nH]c2=O)C[C@H]1OP([O-])(=S)OC. The number of aromatic amines is 3. The molecule has 7 saturated heterocycles. The molecule has 18 rings (SSSR count). The number of nitrogens with one attached hydrogen (secondary N) is 3. The molecule has 7 aliphatic rings. The maximum atomic E-state index is 15.1. The molecular formula is C72H86N26O34P7S7-7. The number of nitrogens with zero attached hydrogens (tertiary/aromatic N) is 19. The minimum atomic E-state index is -5.03. The van der Waals surface area contributed by atoms with Gasteiger partial charge in [0.05, 0.1) is 114 Å². The van der Waals surface area contributed by atoms with Crippen LogP contribution in [-0.4, -0.2) is 239 Å². The molecule has 7 unspecified atom stereocenters. The van der Waals surface area contributed by atoms with E-state index in [1.165, 1.54) is 78.6 Å².